The van der Waals surface area contributed by atoms with Crippen LogP contribution in [-0.2, 0) is 32.7 Å². The molecular weight excluding hydrogens is 204 g/mol. The van der Waals surface area contributed by atoms with Crippen molar-refractivity contribution in [1.82, 2.24) is 0 Å². The summed E-state index contributed by atoms with van der Waals surface area (Å²) in [6.45, 7) is 8.85. The van der Waals surface area contributed by atoms with Gasteiger partial charge < -0.3 is 0 Å². The largest absolute Gasteiger partial charge is 0.0708 e. The maximum atomic E-state index is 7.67. The van der Waals surface area contributed by atoms with Crippen LogP contribution < -0.4 is 0 Å². The molecule has 0 aromatic heterocycles. The van der Waals surface area contributed by atoms with Crippen molar-refractivity contribution < 1.29 is 34.1 Å². The Balaban J connectivity index is 0. The molecule has 1 atom stereocenters. The van der Waals surface area contributed by atoms with Gasteiger partial charge in [0, 0.05) is 53.3 Å². The summed E-state index contributed by atoms with van der Waals surface area (Å²) in [5, 5.41) is 0. The van der Waals surface area contributed by atoms with Crippen LogP contribution in [0.25, 0.3) is 0 Å². The number of hydrogen-bond donors (Lipinski definition) is 0. The second-order valence-corrected chi connectivity index (χ2v) is 7.24. The molecule has 0 saturated carbocycles. The molecule has 53 valence electrons. The van der Waals surface area contributed by atoms with E-state index in [1.165, 1.54) is 6.16 Å². The summed E-state index contributed by atoms with van der Waals surface area (Å²) in [7, 11) is -0.848. The van der Waals surface area contributed by atoms with Gasteiger partial charge in [-0.25, -0.2) is 0 Å². The van der Waals surface area contributed by atoms with Gasteiger partial charge in [0.25, 0.3) is 0 Å². The van der Waals surface area contributed by atoms with Gasteiger partial charge in [-0.15, -0.1) is 0 Å². The van der Waals surface area contributed by atoms with Crippen molar-refractivity contribution in [3.63, 3.8) is 0 Å². The Bertz CT molecular complexity index is 85.7. The van der Waals surface area contributed by atoms with Crippen LogP contribution in [0.1, 0.15) is 21.6 Å². The van der Waals surface area contributed by atoms with E-state index in [-0.39, 0.29) is 38.8 Å². The fourth-order valence-electron chi connectivity index (χ4n) is 0.623. The van der Waals surface area contributed by atoms with E-state index in [4.69, 9.17) is 1.37 Å². The molecule has 0 saturated heterocycles. The Morgan fingerprint density at radius 3 is 1.89 bits per heavy atom. The van der Waals surface area contributed by atoms with Gasteiger partial charge in [0.2, 0.25) is 0 Å². The summed E-state index contributed by atoms with van der Waals surface area (Å²) in [6.07, 6.45) is 2.46. The Morgan fingerprint density at radius 1 is 1.33 bits per heavy atom. The van der Waals surface area contributed by atoms with Crippen molar-refractivity contribution >= 4 is 7.26 Å². The molecule has 0 aromatic rings. The minimum absolute atomic E-state index is 0. The van der Waals surface area contributed by atoms with E-state index in [9.17, 15) is 0 Å². The molecular formula is C7H18PY+. The first-order valence-electron chi connectivity index (χ1n) is 3.87. The summed E-state index contributed by atoms with van der Waals surface area (Å²) >= 11 is 0. The summed E-state index contributed by atoms with van der Waals surface area (Å²) in [5.41, 5.74) is 0. The quantitative estimate of drug-likeness (QED) is 0.645. The van der Waals surface area contributed by atoms with Crippen LogP contribution in [0.15, 0.2) is 0 Å². The summed E-state index contributed by atoms with van der Waals surface area (Å²) in [4.78, 5) is 0. The van der Waals surface area contributed by atoms with Crippen LogP contribution in [0.3, 0.4) is 0 Å². The first-order valence-corrected chi connectivity index (χ1v) is 6.23. The molecule has 0 aliphatic carbocycles. The fraction of sp³-hybridized carbons (Fsp3) is 1.00. The van der Waals surface area contributed by atoms with Gasteiger partial charge in [-0.1, -0.05) is 6.92 Å². The predicted molar refractivity (Wildman–Crippen MR) is 44.5 cm³/mol. The van der Waals surface area contributed by atoms with E-state index in [2.05, 4.69) is 27.2 Å². The van der Waals surface area contributed by atoms with Crippen molar-refractivity contribution in [3.8, 4) is 0 Å². The SMILES string of the molecule is [2H]C(CC)[P+](C)(C)CC.[Y]. The molecule has 0 bridgehead atoms. The first kappa shape index (κ1) is 10.5. The van der Waals surface area contributed by atoms with Gasteiger partial charge >= 0.3 is 0 Å². The van der Waals surface area contributed by atoms with Crippen LogP contribution in [0, 0.1) is 0 Å². The van der Waals surface area contributed by atoms with E-state index in [0.717, 1.165) is 6.42 Å². The molecule has 0 N–H and O–H groups in total. The van der Waals surface area contributed by atoms with Crippen molar-refractivity contribution in [2.24, 2.45) is 0 Å². The summed E-state index contributed by atoms with van der Waals surface area (Å²) < 4.78 is 7.67. The van der Waals surface area contributed by atoms with Gasteiger partial charge in [0.15, 0.2) is 0 Å². The van der Waals surface area contributed by atoms with Gasteiger partial charge in [-0.05, 0) is 13.3 Å². The third-order valence-electron chi connectivity index (χ3n) is 1.49. The van der Waals surface area contributed by atoms with Crippen LogP contribution in [0.5, 0.6) is 0 Å². The number of hydrogen-bond acceptors (Lipinski definition) is 0. The van der Waals surface area contributed by atoms with Gasteiger partial charge in [-0.2, -0.15) is 0 Å². The third kappa shape index (κ3) is 7.43. The average Bonchev–Trinajstić information content (AvgIpc) is 1.86. The monoisotopic (exact) mass is 223 g/mol. The second-order valence-electron chi connectivity index (χ2n) is 2.69. The molecule has 0 aliphatic rings. The molecule has 0 amide bonds. The van der Waals surface area contributed by atoms with E-state index in [1.54, 1.807) is 0 Å². The molecule has 1 unspecified atom stereocenters. The molecule has 0 nitrogen and oxygen atoms in total. The smallest absolute Gasteiger partial charge is 0.0619 e. The normalized spacial score (nSPS) is 15.8. The zero-order chi connectivity index (χ0) is 7.49. The molecule has 0 fully saturated rings. The average molecular weight is 223 g/mol. The van der Waals surface area contributed by atoms with Gasteiger partial charge in [0.1, 0.15) is 0 Å². The van der Waals surface area contributed by atoms with Crippen LogP contribution in [0.4, 0.5) is 0 Å². The second kappa shape index (κ2) is 6.26. The van der Waals surface area contributed by atoms with Crippen molar-refractivity contribution in [1.29, 1.82) is 0 Å². The Kier molecular flexibility index (Phi) is 7.32. The molecule has 2 heteroatoms. The zero-order valence-corrected chi connectivity index (χ0v) is 10.7. The summed E-state index contributed by atoms with van der Waals surface area (Å²) in [6, 6.07) is 0. The minimum atomic E-state index is -0.848. The van der Waals surface area contributed by atoms with Crippen molar-refractivity contribution in [2.45, 2.75) is 20.3 Å². The fourth-order valence-corrected chi connectivity index (χ4v) is 1.87. The molecule has 1 radical (unpaired) electrons. The first-order chi connectivity index (χ1) is 4.04. The predicted octanol–water partition coefficient (Wildman–Crippen LogP) is 2.69. The van der Waals surface area contributed by atoms with E-state index < -0.39 is 7.26 Å². The topological polar surface area (TPSA) is 0 Å². The van der Waals surface area contributed by atoms with Crippen molar-refractivity contribution in [3.05, 3.63) is 0 Å². The van der Waals surface area contributed by atoms with Gasteiger partial charge in [0.05, 0.1) is 13.7 Å². The maximum absolute atomic E-state index is 7.67. The molecule has 0 aliphatic heterocycles. The van der Waals surface area contributed by atoms with Crippen LogP contribution in [-0.4, -0.2) is 25.6 Å². The Morgan fingerprint density at radius 2 is 1.78 bits per heavy atom. The molecule has 0 spiro atoms. The van der Waals surface area contributed by atoms with Crippen LogP contribution in [0.2, 0.25) is 0 Å². The molecule has 0 aromatic carbocycles. The standard InChI is InChI=1S/C7H18P.Y/c1-5-7-8(3,4)6-2;/h5-7H2,1-4H3;/q+1;/i7D;. The molecule has 9 heavy (non-hydrogen) atoms. The van der Waals surface area contributed by atoms with E-state index in [0.29, 0.717) is 0 Å². The minimum Gasteiger partial charge on any atom is -0.0619 e. The van der Waals surface area contributed by atoms with Gasteiger partial charge in [-0.3, -0.25) is 0 Å². The van der Waals surface area contributed by atoms with Crippen LogP contribution >= 0.6 is 7.26 Å². The van der Waals surface area contributed by atoms with Crippen molar-refractivity contribution in [2.75, 3.05) is 25.6 Å². The summed E-state index contributed by atoms with van der Waals surface area (Å²) in [5.74, 6) is 0. The number of rotatable bonds is 3. The Labute approximate surface area is 86.8 Å². The zero-order valence-electron chi connectivity index (χ0n) is 8.02. The molecule has 0 rings (SSSR count). The third-order valence-corrected chi connectivity index (χ3v) is 4.48. The van der Waals surface area contributed by atoms with E-state index in [1.807, 2.05) is 0 Å². The molecule has 0 heterocycles. The Hall–Kier alpha value is 1.53. The van der Waals surface area contributed by atoms with E-state index >= 15 is 0 Å². The maximum Gasteiger partial charge on any atom is 0.0708 e.